The molecule has 0 atom stereocenters. The van der Waals surface area contributed by atoms with Gasteiger partial charge in [0.15, 0.2) is 0 Å². The van der Waals surface area contributed by atoms with Crippen molar-refractivity contribution in [3.8, 4) is 44.5 Å². The lowest BCUT2D eigenvalue weighted by Gasteiger charge is -2.08. The molecule has 0 unspecified atom stereocenters. The van der Waals surface area contributed by atoms with Gasteiger partial charge in [0.25, 0.3) is 0 Å². The Morgan fingerprint density at radius 2 is 0.857 bits per heavy atom. The molecule has 1 fully saturated rings. The van der Waals surface area contributed by atoms with Crippen LogP contribution in [-0.2, 0) is 14.3 Å². The average Bonchev–Trinajstić information content (AvgIpc) is 1.53. The fraction of sp³-hybridized carbons (Fsp3) is 0.0667. The lowest BCUT2D eigenvalue weighted by Crippen LogP contribution is -2.01. The van der Waals surface area contributed by atoms with Crippen molar-refractivity contribution >= 4 is 102 Å². The number of nitrogens with zero attached hydrogens (tertiary/aromatic N) is 2. The van der Waals surface area contributed by atoms with Gasteiger partial charge in [0.2, 0.25) is 0 Å². The average molecular weight is 1290 g/mol. The third kappa shape index (κ3) is 13.2. The molecule has 0 saturated carbocycles. The Labute approximate surface area is 575 Å². The molecule has 7 aromatic carbocycles. The van der Waals surface area contributed by atoms with E-state index < -0.39 is 11.9 Å². The fourth-order valence-electron chi connectivity index (χ4n) is 13.0. The van der Waals surface area contributed by atoms with Crippen LogP contribution < -0.4 is 0 Å². The SMILES string of the molecule is CC(/C=C/C(C)=C/C=C(C)/C=C/C1=Cc2nc1c(-c1ccccc1)c1ccc([nH]1)c(-c1ccccc1)c1nc(c(-c3ccccc3)c3ccc([nH]3)c2-c2ccccc2)C=C1)=C1/C(=O)OC(=O)/C1=C(/C=C/C(C)=C/C=C(C)/C=C/c1c2ccccc2cc2ccccc12)c1ccsc1C. The highest BCUT2D eigenvalue weighted by Gasteiger charge is 2.37. The number of aromatic amines is 2. The lowest BCUT2D eigenvalue weighted by atomic mass is 9.92. The first-order chi connectivity index (χ1) is 47.9. The van der Waals surface area contributed by atoms with Gasteiger partial charge in [-0.2, -0.15) is 0 Å². The maximum atomic E-state index is 13.9. The largest absolute Gasteiger partial charge is 0.386 e. The summed E-state index contributed by atoms with van der Waals surface area (Å²) in [5, 5.41) is 6.83. The second-order valence-electron chi connectivity index (χ2n) is 24.8. The number of esters is 2. The summed E-state index contributed by atoms with van der Waals surface area (Å²) in [6.07, 6.45) is 31.2. The summed E-state index contributed by atoms with van der Waals surface area (Å²) in [7, 11) is 0. The summed E-state index contributed by atoms with van der Waals surface area (Å²) in [4.78, 5) is 47.7. The standard InChI is InChI=1S/C90H70N4O3S/c1-57(39-43-61(5)82-87(90(96)97-89(82)95)74(70-53-54-98-62(70)6)46-42-60(4)38-37-59(3)41-45-73-71-33-21-19-31-67(71)55-68-32-20-22-34-72(68)73)35-36-58(2)40-44-69-56-81-85(65-27-15-9-16-28-65)79-50-49-77(92-79)83(63-23-11-7-12-24-63)75-47-48-76(91-75)84(64-25-13-8-14-26-64)78-51-52-80(93-78)86(88(69)94-81)66-29-17-10-18-30-66/h7-56,92-93H,1-6H3/b43-39+,44-40+,45-41+,46-42+,57-35+,58-36+,59-37+,60-38+,82-61-,83-75?,83-77?,84-76?,84-78?,85-79?,85-81?,86-80?,87-74-,88-86?. The topological polar surface area (TPSA) is 101 Å². The molecule has 14 rings (SSSR count). The molecule has 0 amide bonds. The minimum absolute atomic E-state index is 0.244. The number of nitrogens with one attached hydrogen (secondary N) is 2. The zero-order chi connectivity index (χ0) is 67.2. The maximum absolute atomic E-state index is 13.9. The van der Waals surface area contributed by atoms with Crippen LogP contribution in [0.2, 0.25) is 0 Å². The van der Waals surface area contributed by atoms with Crippen molar-refractivity contribution in [1.29, 1.82) is 0 Å². The normalized spacial score (nSPS) is 15.1. The Hall–Kier alpha value is -12.1. The molecule has 2 N–H and O–H groups in total. The van der Waals surface area contributed by atoms with Gasteiger partial charge in [-0.3, -0.25) is 0 Å². The smallest absolute Gasteiger partial charge is 0.347 e. The molecule has 0 radical (unpaired) electrons. The zero-order valence-corrected chi connectivity index (χ0v) is 56.2. The number of thiophene rings is 1. The van der Waals surface area contributed by atoms with E-state index in [0.717, 1.165) is 128 Å². The third-order valence-electron chi connectivity index (χ3n) is 18.0. The molecule has 4 aromatic heterocycles. The van der Waals surface area contributed by atoms with Crippen molar-refractivity contribution in [2.75, 3.05) is 0 Å². The van der Waals surface area contributed by atoms with Gasteiger partial charge >= 0.3 is 11.9 Å². The molecule has 0 aliphatic carbocycles. The Bertz CT molecular complexity index is 5540. The number of cyclic esters (lactones) is 2. The Morgan fingerprint density at radius 3 is 1.36 bits per heavy atom. The number of H-pyrrole nitrogens is 2. The number of allylic oxidation sites excluding steroid dienone is 18. The van der Waals surface area contributed by atoms with E-state index >= 15 is 0 Å². The molecule has 3 aliphatic rings. The van der Waals surface area contributed by atoms with E-state index in [1.165, 1.54) is 27.1 Å². The molecule has 1 saturated heterocycles. The van der Waals surface area contributed by atoms with Crippen molar-refractivity contribution in [1.82, 2.24) is 19.9 Å². The number of aryl methyl sites for hydroxylation is 1. The number of carbonyl (C=O) groups is 2. The van der Waals surface area contributed by atoms with E-state index in [9.17, 15) is 9.59 Å². The molecule has 8 heteroatoms. The highest BCUT2D eigenvalue weighted by Crippen LogP contribution is 2.42. The highest BCUT2D eigenvalue weighted by molar-refractivity contribution is 7.10. The Kier molecular flexibility index (Phi) is 18.1. The summed E-state index contributed by atoms with van der Waals surface area (Å²) in [6, 6.07) is 71.8. The number of fused-ring (bicyclic) bond motifs is 10. The van der Waals surface area contributed by atoms with E-state index in [0.29, 0.717) is 11.1 Å². The Balaban J connectivity index is 0.819. The van der Waals surface area contributed by atoms with Crippen LogP contribution in [0.3, 0.4) is 0 Å². The zero-order valence-electron chi connectivity index (χ0n) is 55.4. The van der Waals surface area contributed by atoms with Crippen LogP contribution in [0.15, 0.2) is 317 Å². The summed E-state index contributed by atoms with van der Waals surface area (Å²) in [5.41, 5.74) is 23.7. The molecule has 11 aromatic rings. The van der Waals surface area contributed by atoms with Gasteiger partial charge in [0.1, 0.15) is 0 Å². The third-order valence-corrected chi connectivity index (χ3v) is 18.8. The van der Waals surface area contributed by atoms with Crippen LogP contribution in [0.25, 0.3) is 124 Å². The number of rotatable bonds is 15. The first-order valence-electron chi connectivity index (χ1n) is 32.9. The molecular weight excluding hydrogens is 1220 g/mol. The minimum atomic E-state index is -0.668. The molecule has 0 spiro atoms. The molecule has 7 heterocycles. The number of benzene rings is 7. The van der Waals surface area contributed by atoms with Crippen molar-refractivity contribution in [3.05, 3.63) is 356 Å². The van der Waals surface area contributed by atoms with Gasteiger partial charge in [-0.25, -0.2) is 19.6 Å². The maximum Gasteiger partial charge on any atom is 0.347 e. The lowest BCUT2D eigenvalue weighted by molar-refractivity contribution is -0.149. The summed E-state index contributed by atoms with van der Waals surface area (Å²) >= 11 is 1.59. The van der Waals surface area contributed by atoms with E-state index in [1.54, 1.807) is 11.3 Å². The van der Waals surface area contributed by atoms with Crippen molar-refractivity contribution < 1.29 is 14.3 Å². The van der Waals surface area contributed by atoms with Gasteiger partial charge < -0.3 is 14.7 Å². The number of ether oxygens (including phenoxy) is 1. The summed E-state index contributed by atoms with van der Waals surface area (Å²) in [6.45, 7) is 12.1. The van der Waals surface area contributed by atoms with Gasteiger partial charge in [-0.15, -0.1) is 11.3 Å². The predicted molar refractivity (Wildman–Crippen MR) is 412 cm³/mol. The van der Waals surface area contributed by atoms with E-state index in [2.05, 4.69) is 267 Å². The molecule has 98 heavy (non-hydrogen) atoms. The van der Waals surface area contributed by atoms with E-state index in [-0.39, 0.29) is 11.1 Å². The molecule has 474 valence electrons. The Morgan fingerprint density at radius 1 is 0.429 bits per heavy atom. The van der Waals surface area contributed by atoms with Crippen molar-refractivity contribution in [2.45, 2.75) is 41.5 Å². The molecule has 7 nitrogen and oxygen atoms in total. The number of carbonyl (C=O) groups excluding carboxylic acids is 2. The first-order valence-corrected chi connectivity index (χ1v) is 33.8. The van der Waals surface area contributed by atoms with Gasteiger partial charge in [0.05, 0.1) is 33.9 Å². The van der Waals surface area contributed by atoms with Crippen LogP contribution >= 0.6 is 11.3 Å². The molecular formula is C90H70N4O3S. The summed E-state index contributed by atoms with van der Waals surface area (Å²) < 4.78 is 5.44. The van der Waals surface area contributed by atoms with E-state index in [1.807, 2.05) is 87.7 Å². The molecule has 3 aliphatic heterocycles. The first kappa shape index (κ1) is 63.3. The quantitative estimate of drug-likeness (QED) is 0.0350. The second kappa shape index (κ2) is 28.1. The highest BCUT2D eigenvalue weighted by atomic mass is 32.1. The predicted octanol–water partition coefficient (Wildman–Crippen LogP) is 23.4. The fourth-order valence-corrected chi connectivity index (χ4v) is 13.7. The monoisotopic (exact) mass is 1290 g/mol. The van der Waals surface area contributed by atoms with Gasteiger partial charge in [-0.1, -0.05) is 265 Å². The van der Waals surface area contributed by atoms with Gasteiger partial charge in [-0.05, 0) is 168 Å². The summed E-state index contributed by atoms with van der Waals surface area (Å²) in [5.74, 6) is -1.34. The van der Waals surface area contributed by atoms with Crippen LogP contribution in [-0.4, -0.2) is 31.9 Å². The number of hydrogen-bond donors (Lipinski definition) is 2. The van der Waals surface area contributed by atoms with Crippen LogP contribution in [0.5, 0.6) is 0 Å². The minimum Gasteiger partial charge on any atom is -0.386 e. The van der Waals surface area contributed by atoms with Crippen LogP contribution in [0.4, 0.5) is 0 Å². The number of hydrogen-bond acceptors (Lipinski definition) is 6. The van der Waals surface area contributed by atoms with E-state index in [4.69, 9.17) is 14.7 Å². The van der Waals surface area contributed by atoms with Crippen molar-refractivity contribution in [3.63, 3.8) is 0 Å². The second-order valence-corrected chi connectivity index (χ2v) is 25.9. The van der Waals surface area contributed by atoms with Crippen LogP contribution in [0, 0.1) is 6.92 Å². The number of aromatic nitrogens is 4. The van der Waals surface area contributed by atoms with Crippen molar-refractivity contribution in [2.24, 2.45) is 0 Å². The van der Waals surface area contributed by atoms with Gasteiger partial charge in [0, 0.05) is 54.8 Å². The molecule has 8 bridgehead atoms. The van der Waals surface area contributed by atoms with Crippen LogP contribution in [0.1, 0.15) is 73.4 Å².